The Morgan fingerprint density at radius 2 is 1.80 bits per heavy atom. The van der Waals surface area contributed by atoms with Crippen LogP contribution in [0.2, 0.25) is 0 Å². The molecule has 2 aromatic rings. The molecule has 2 amide bonds. The van der Waals surface area contributed by atoms with E-state index in [2.05, 4.69) is 9.88 Å². The van der Waals surface area contributed by atoms with Gasteiger partial charge in [0.2, 0.25) is 0 Å². The van der Waals surface area contributed by atoms with Crippen LogP contribution >= 0.6 is 12.2 Å². The van der Waals surface area contributed by atoms with Crippen LogP contribution in [0.4, 0.5) is 29.3 Å². The predicted octanol–water partition coefficient (Wildman–Crippen LogP) is 6.05. The van der Waals surface area contributed by atoms with Gasteiger partial charge in [0.15, 0.2) is 10.8 Å². The molecule has 3 fully saturated rings. The molecule has 0 spiro atoms. The number of benzene rings is 1. The number of carbonyl (C=O) groups excluding carboxylic acids is 2. The molecule has 0 aliphatic carbocycles. The molecule has 3 aliphatic rings. The van der Waals surface area contributed by atoms with E-state index in [0.717, 1.165) is 35.7 Å². The van der Waals surface area contributed by atoms with Crippen molar-refractivity contribution in [2.45, 2.75) is 90.7 Å². The van der Waals surface area contributed by atoms with E-state index in [1.54, 1.807) is 30.9 Å². The van der Waals surface area contributed by atoms with E-state index in [9.17, 15) is 22.8 Å². The number of likely N-dealkylation sites (tertiary alicyclic amines) is 2. The number of hydrogen-bond acceptors (Lipinski definition) is 9. The lowest BCUT2D eigenvalue weighted by Gasteiger charge is -2.35. The largest absolute Gasteiger partial charge is 0.492 e. The van der Waals surface area contributed by atoms with Gasteiger partial charge in [-0.25, -0.2) is 9.78 Å². The van der Waals surface area contributed by atoms with Crippen LogP contribution in [0.3, 0.4) is 0 Å². The lowest BCUT2D eigenvalue weighted by molar-refractivity contribution is -0.138. The minimum Gasteiger partial charge on any atom is -0.492 e. The highest BCUT2D eigenvalue weighted by molar-refractivity contribution is 7.81. The van der Waals surface area contributed by atoms with Crippen molar-refractivity contribution in [2.75, 3.05) is 36.0 Å². The first-order chi connectivity index (χ1) is 22.9. The van der Waals surface area contributed by atoms with Gasteiger partial charge < -0.3 is 19.3 Å². The van der Waals surface area contributed by atoms with Crippen LogP contribution in [-0.2, 0) is 22.1 Å². The molecule has 1 aromatic heterocycles. The lowest BCUT2D eigenvalue weighted by atomic mass is 10.0. The van der Waals surface area contributed by atoms with Crippen LogP contribution in [-0.4, -0.2) is 81.4 Å². The van der Waals surface area contributed by atoms with Gasteiger partial charge in [0.25, 0.3) is 5.91 Å². The first kappa shape index (κ1) is 37.4. The van der Waals surface area contributed by atoms with E-state index in [0.29, 0.717) is 37.6 Å². The molecule has 2 bridgehead atoms. The Bertz CT molecular complexity index is 1700. The molecule has 15 heteroatoms. The number of piperazine rings is 1. The number of aromatic nitrogens is 1. The van der Waals surface area contributed by atoms with Crippen molar-refractivity contribution in [1.29, 1.82) is 10.5 Å². The van der Waals surface area contributed by atoms with E-state index >= 15 is 0 Å². The number of hydrogen-bond donors (Lipinski definition) is 0. The Hall–Kier alpha value is -4.47. The molecule has 0 saturated carbocycles. The molecule has 0 N–H and O–H groups in total. The smallest absolute Gasteiger partial charge is 0.419 e. The van der Waals surface area contributed by atoms with Crippen molar-refractivity contribution in [2.24, 2.45) is 0 Å². The number of anilines is 2. The van der Waals surface area contributed by atoms with E-state index in [1.165, 1.54) is 13.0 Å². The molecule has 4 heterocycles. The van der Waals surface area contributed by atoms with Gasteiger partial charge in [0, 0.05) is 44.3 Å². The van der Waals surface area contributed by atoms with Crippen molar-refractivity contribution in [3.05, 3.63) is 47.3 Å². The van der Waals surface area contributed by atoms with Crippen LogP contribution in [0.25, 0.3) is 0 Å². The Morgan fingerprint density at radius 3 is 2.35 bits per heavy atom. The average Bonchev–Trinajstić information content (AvgIpc) is 3.66. The predicted molar refractivity (Wildman–Crippen MR) is 180 cm³/mol. The minimum absolute atomic E-state index is 0.00475. The van der Waals surface area contributed by atoms with Crippen molar-refractivity contribution >= 4 is 40.7 Å². The number of nitrogens with zero attached hydrogens (tertiary/aromatic N) is 7. The summed E-state index contributed by atoms with van der Waals surface area (Å²) in [6.45, 7) is 14.8. The summed E-state index contributed by atoms with van der Waals surface area (Å²) in [4.78, 5) is 36.6. The SMILES string of the molecule is CC#N.CCc1cc(N2C(=S)N(c3cnc(C#N)c(C(F)(F)F)c3)C(=O)C2(C)C)ccc1OCCN1C[C@@H]2C[C@H]1CN2C(=O)OC(C)(C)C. The zero-order valence-electron chi connectivity index (χ0n) is 28.6. The summed E-state index contributed by atoms with van der Waals surface area (Å²) in [5.41, 5.74) is -2.49. The minimum atomic E-state index is -4.84. The van der Waals surface area contributed by atoms with Gasteiger partial charge in [0.05, 0.1) is 23.5 Å². The zero-order chi connectivity index (χ0) is 36.5. The van der Waals surface area contributed by atoms with E-state index in [-0.39, 0.29) is 29.0 Å². The molecule has 3 aliphatic heterocycles. The lowest BCUT2D eigenvalue weighted by Crippen LogP contribution is -2.50. The number of aryl methyl sites for hydroxylation is 1. The number of fused-ring (bicyclic) bond motifs is 2. The second kappa shape index (κ2) is 14.2. The number of ether oxygens (including phenoxy) is 2. The number of carbonyl (C=O) groups is 2. The third-order valence-electron chi connectivity index (χ3n) is 8.51. The fourth-order valence-electron chi connectivity index (χ4n) is 6.30. The Kier molecular flexibility index (Phi) is 10.8. The topological polar surface area (TPSA) is 126 Å². The van der Waals surface area contributed by atoms with E-state index in [4.69, 9.17) is 32.2 Å². The first-order valence-corrected chi connectivity index (χ1v) is 16.2. The molecule has 3 saturated heterocycles. The summed E-state index contributed by atoms with van der Waals surface area (Å²) in [6.07, 6.45) is -2.53. The second-order valence-electron chi connectivity index (χ2n) is 13.4. The second-order valence-corrected chi connectivity index (χ2v) is 13.8. The third kappa shape index (κ3) is 7.73. The maximum atomic E-state index is 13.6. The maximum Gasteiger partial charge on any atom is 0.419 e. The molecule has 2 atom stereocenters. The molecule has 1 aromatic carbocycles. The number of rotatable bonds is 7. The first-order valence-electron chi connectivity index (χ1n) is 15.8. The normalized spacial score (nSPS) is 20.1. The van der Waals surface area contributed by atoms with Gasteiger partial charge in [0.1, 0.15) is 29.6 Å². The van der Waals surface area contributed by atoms with Crippen molar-refractivity contribution in [1.82, 2.24) is 14.8 Å². The summed E-state index contributed by atoms with van der Waals surface area (Å²) in [6, 6.07) is 9.76. The number of thiocarbonyl (C=S) groups is 1. The summed E-state index contributed by atoms with van der Waals surface area (Å²) in [5.74, 6) is 0.156. The molecule has 262 valence electrons. The van der Waals surface area contributed by atoms with Crippen LogP contribution in [0.5, 0.6) is 5.75 Å². The average molecular weight is 700 g/mol. The Morgan fingerprint density at radius 1 is 1.12 bits per heavy atom. The van der Waals surface area contributed by atoms with Crippen LogP contribution in [0, 0.1) is 22.7 Å². The zero-order valence-corrected chi connectivity index (χ0v) is 29.4. The van der Waals surface area contributed by atoms with Crippen molar-refractivity contribution in [3.8, 4) is 17.9 Å². The Labute approximate surface area is 289 Å². The van der Waals surface area contributed by atoms with Gasteiger partial charge in [-0.3, -0.25) is 14.6 Å². The fourth-order valence-corrected chi connectivity index (χ4v) is 6.82. The van der Waals surface area contributed by atoms with Crippen molar-refractivity contribution in [3.63, 3.8) is 0 Å². The Balaban J connectivity index is 0.00000174. The number of halogens is 3. The van der Waals surface area contributed by atoms with Crippen molar-refractivity contribution < 1.29 is 32.2 Å². The molecule has 49 heavy (non-hydrogen) atoms. The molecule has 0 radical (unpaired) electrons. The quantitative estimate of drug-likeness (QED) is 0.315. The number of pyridine rings is 1. The maximum absolute atomic E-state index is 13.6. The van der Waals surface area contributed by atoms with Gasteiger partial charge >= 0.3 is 12.3 Å². The van der Waals surface area contributed by atoms with E-state index < -0.39 is 34.5 Å². The summed E-state index contributed by atoms with van der Waals surface area (Å²) >= 11 is 5.66. The number of amides is 2. The van der Waals surface area contributed by atoms with Gasteiger partial charge in [-0.2, -0.15) is 23.7 Å². The van der Waals surface area contributed by atoms with E-state index in [1.807, 2.05) is 44.7 Å². The molecule has 5 rings (SSSR count). The molecule has 11 nitrogen and oxygen atoms in total. The van der Waals surface area contributed by atoms with Crippen LogP contribution < -0.4 is 14.5 Å². The van der Waals surface area contributed by atoms with Crippen LogP contribution in [0.15, 0.2) is 30.5 Å². The highest BCUT2D eigenvalue weighted by atomic mass is 32.1. The highest BCUT2D eigenvalue weighted by Crippen LogP contribution is 2.40. The molecular formula is C34H40F3N7O4S. The standard InChI is InChI=1S/C32H37F3N6O4S.C2H3N/c1-7-19-12-20(8-9-26(19)44-11-10-38-17-23-13-22(38)18-39(23)29(43)45-30(2,3)4)41-28(46)40(27(42)31(41,5)6)21-14-24(32(33,34)35)25(15-36)37-16-21;1-2-3/h8-9,12,14,16,22-23H,7,10-11,13,17-18H2,1-6H3;1H3/t22-,23-;/m0./s1. The number of alkyl halides is 3. The molecule has 0 unspecified atom stereocenters. The molecular weight excluding hydrogens is 659 g/mol. The summed E-state index contributed by atoms with van der Waals surface area (Å²) < 4.78 is 52.7. The summed E-state index contributed by atoms with van der Waals surface area (Å²) in [7, 11) is 0. The van der Waals surface area contributed by atoms with Gasteiger partial charge in [-0.15, -0.1) is 0 Å². The highest BCUT2D eigenvalue weighted by Gasteiger charge is 2.51. The third-order valence-corrected chi connectivity index (χ3v) is 8.88. The monoisotopic (exact) mass is 699 g/mol. The summed E-state index contributed by atoms with van der Waals surface area (Å²) in [5, 5.41) is 16.4. The van der Waals surface area contributed by atoms with Gasteiger partial charge in [-0.1, -0.05) is 6.92 Å². The fraction of sp³-hybridized carbons (Fsp3) is 0.529. The van der Waals surface area contributed by atoms with Crippen LogP contribution in [0.1, 0.15) is 71.7 Å². The van der Waals surface area contributed by atoms with Gasteiger partial charge in [-0.05, 0) is 89.5 Å². The number of nitriles is 2.